The molecule has 0 unspecified atom stereocenters. The van der Waals surface area contributed by atoms with Crippen LogP contribution in [0.15, 0.2) is 36.4 Å². The summed E-state index contributed by atoms with van der Waals surface area (Å²) in [6.07, 6.45) is 0. The molecule has 2 rings (SSSR count). The second-order valence-corrected chi connectivity index (χ2v) is 3.58. The Hall–Kier alpha value is -1.70. The third-order valence-electron chi connectivity index (χ3n) is 2.62. The minimum Gasteiger partial charge on any atom is -0.288 e. The van der Waals surface area contributed by atoms with Crippen molar-refractivity contribution in [2.75, 3.05) is 0 Å². The first-order valence-corrected chi connectivity index (χ1v) is 5.16. The number of benzene rings is 1. The lowest BCUT2D eigenvalue weighted by Gasteiger charge is -2.02. The Bertz CT molecular complexity index is 517. The number of aryl methyl sites for hydroxylation is 1. The number of rotatable bonds is 2. The van der Waals surface area contributed by atoms with Crippen LogP contribution in [0.3, 0.4) is 0 Å². The van der Waals surface area contributed by atoms with E-state index in [2.05, 4.69) is 17.6 Å². The number of pyridine rings is 1. The van der Waals surface area contributed by atoms with Gasteiger partial charge in [0.2, 0.25) is 17.0 Å². The molecule has 0 spiro atoms. The Kier molecular flexibility index (Phi) is 2.50. The molecule has 0 saturated heterocycles. The molecule has 1 aromatic carbocycles. The molecule has 0 aliphatic rings. The minimum absolute atomic E-state index is 0.114. The van der Waals surface area contributed by atoms with E-state index in [0.29, 0.717) is 0 Å². The van der Waals surface area contributed by atoms with Crippen molar-refractivity contribution >= 4 is 16.7 Å². The molecule has 1 aromatic heterocycles. The predicted octanol–water partition coefficient (Wildman–Crippen LogP) is 2.35. The van der Waals surface area contributed by atoms with Crippen LogP contribution in [0.1, 0.15) is 24.3 Å². The predicted molar refractivity (Wildman–Crippen MR) is 59.8 cm³/mol. The third-order valence-corrected chi connectivity index (χ3v) is 2.62. The smallest absolute Gasteiger partial charge is 0.248 e. The number of ketones is 1. The highest BCUT2D eigenvalue weighted by Crippen LogP contribution is 2.10. The number of hydrogen-bond acceptors (Lipinski definition) is 1. The summed E-state index contributed by atoms with van der Waals surface area (Å²) in [6, 6.07) is 12.0. The van der Waals surface area contributed by atoms with Gasteiger partial charge in [0.15, 0.2) is 0 Å². The monoisotopic (exact) mass is 200 g/mol. The van der Waals surface area contributed by atoms with Gasteiger partial charge >= 0.3 is 0 Å². The maximum absolute atomic E-state index is 11.4. The molecule has 76 valence electrons. The van der Waals surface area contributed by atoms with Crippen molar-refractivity contribution in [1.29, 1.82) is 0 Å². The topological polar surface area (TPSA) is 20.9 Å². The van der Waals surface area contributed by atoms with Gasteiger partial charge in [-0.2, -0.15) is 4.57 Å². The van der Waals surface area contributed by atoms with Gasteiger partial charge in [-0.25, -0.2) is 0 Å². The van der Waals surface area contributed by atoms with Crippen LogP contribution in [0.25, 0.3) is 10.9 Å². The van der Waals surface area contributed by atoms with Crippen molar-refractivity contribution in [2.24, 2.45) is 0 Å². The first-order valence-electron chi connectivity index (χ1n) is 5.16. The molecule has 0 aliphatic carbocycles. The standard InChI is InChI=1S/C13H14NO/c1-3-14-12(10(2)15)9-8-11-6-4-5-7-13(11)14/h4-9H,3H2,1-2H3/q+1. The maximum Gasteiger partial charge on any atom is 0.248 e. The summed E-state index contributed by atoms with van der Waals surface area (Å²) >= 11 is 0. The molecule has 2 heteroatoms. The van der Waals surface area contributed by atoms with Gasteiger partial charge in [0.1, 0.15) is 6.54 Å². The summed E-state index contributed by atoms with van der Waals surface area (Å²) in [6.45, 7) is 4.48. The van der Waals surface area contributed by atoms with Crippen molar-refractivity contribution in [3.8, 4) is 0 Å². The van der Waals surface area contributed by atoms with E-state index in [-0.39, 0.29) is 5.78 Å². The van der Waals surface area contributed by atoms with Gasteiger partial charge in [0.05, 0.1) is 0 Å². The molecule has 2 nitrogen and oxygen atoms in total. The van der Waals surface area contributed by atoms with Crippen molar-refractivity contribution in [1.82, 2.24) is 0 Å². The molecule has 0 atom stereocenters. The van der Waals surface area contributed by atoms with Crippen LogP contribution in [-0.2, 0) is 6.54 Å². The van der Waals surface area contributed by atoms with Crippen LogP contribution in [0.4, 0.5) is 0 Å². The summed E-state index contributed by atoms with van der Waals surface area (Å²) in [5.41, 5.74) is 1.89. The number of fused-ring (bicyclic) bond motifs is 1. The molecule has 0 bridgehead atoms. The summed E-state index contributed by atoms with van der Waals surface area (Å²) in [5, 5.41) is 1.17. The highest BCUT2D eigenvalue weighted by atomic mass is 16.1. The molecular weight excluding hydrogens is 186 g/mol. The number of nitrogens with zero attached hydrogens (tertiary/aromatic N) is 1. The third kappa shape index (κ3) is 1.63. The average molecular weight is 200 g/mol. The highest BCUT2D eigenvalue weighted by molar-refractivity contribution is 5.92. The fourth-order valence-corrected chi connectivity index (χ4v) is 1.91. The largest absolute Gasteiger partial charge is 0.288 e. The first-order chi connectivity index (χ1) is 7.24. The van der Waals surface area contributed by atoms with Crippen LogP contribution in [0.2, 0.25) is 0 Å². The number of Topliss-reactive ketones (excluding diaryl/α,β-unsaturated/α-hetero) is 1. The van der Waals surface area contributed by atoms with Crippen LogP contribution in [-0.4, -0.2) is 5.78 Å². The lowest BCUT2D eigenvalue weighted by Crippen LogP contribution is -2.39. The normalized spacial score (nSPS) is 10.5. The lowest BCUT2D eigenvalue weighted by molar-refractivity contribution is -0.669. The number of aromatic nitrogens is 1. The van der Waals surface area contributed by atoms with E-state index in [0.717, 1.165) is 17.8 Å². The van der Waals surface area contributed by atoms with Gasteiger partial charge < -0.3 is 0 Å². The van der Waals surface area contributed by atoms with E-state index in [4.69, 9.17) is 0 Å². The Morgan fingerprint density at radius 1 is 1.20 bits per heavy atom. The molecule has 0 N–H and O–H groups in total. The quantitative estimate of drug-likeness (QED) is 0.538. The van der Waals surface area contributed by atoms with Gasteiger partial charge in [-0.3, -0.25) is 4.79 Å². The highest BCUT2D eigenvalue weighted by Gasteiger charge is 2.16. The van der Waals surface area contributed by atoms with Crippen LogP contribution in [0, 0.1) is 0 Å². The molecule has 2 aromatic rings. The Balaban J connectivity index is 2.81. The second kappa shape index (κ2) is 3.81. The van der Waals surface area contributed by atoms with E-state index in [9.17, 15) is 4.79 Å². The van der Waals surface area contributed by atoms with Gasteiger partial charge in [-0.05, 0) is 19.1 Å². The average Bonchev–Trinajstić information content (AvgIpc) is 2.27. The summed E-state index contributed by atoms with van der Waals surface area (Å²) < 4.78 is 2.05. The fraction of sp³-hybridized carbons (Fsp3) is 0.231. The molecule has 0 radical (unpaired) electrons. The SMILES string of the molecule is CC[n+]1c(C(C)=O)ccc2ccccc21. The number of para-hydroxylation sites is 1. The van der Waals surface area contributed by atoms with E-state index in [1.807, 2.05) is 30.3 Å². The van der Waals surface area contributed by atoms with Gasteiger partial charge in [0.25, 0.3) is 0 Å². The van der Waals surface area contributed by atoms with E-state index < -0.39 is 0 Å². The zero-order valence-electron chi connectivity index (χ0n) is 9.03. The van der Waals surface area contributed by atoms with Gasteiger partial charge in [-0.15, -0.1) is 0 Å². The van der Waals surface area contributed by atoms with Crippen LogP contribution < -0.4 is 4.57 Å². The Labute approximate surface area is 89.2 Å². The zero-order chi connectivity index (χ0) is 10.8. The Morgan fingerprint density at radius 2 is 1.93 bits per heavy atom. The van der Waals surface area contributed by atoms with Crippen molar-refractivity contribution < 1.29 is 9.36 Å². The number of carbonyl (C=O) groups is 1. The zero-order valence-corrected chi connectivity index (χ0v) is 9.03. The molecule has 0 fully saturated rings. The van der Waals surface area contributed by atoms with Crippen molar-refractivity contribution in [3.63, 3.8) is 0 Å². The summed E-state index contributed by atoms with van der Waals surface area (Å²) in [5.74, 6) is 0.114. The van der Waals surface area contributed by atoms with Crippen molar-refractivity contribution in [2.45, 2.75) is 20.4 Å². The lowest BCUT2D eigenvalue weighted by atomic mass is 10.1. The molecule has 15 heavy (non-hydrogen) atoms. The maximum atomic E-state index is 11.4. The molecule has 0 aliphatic heterocycles. The Morgan fingerprint density at radius 3 is 2.60 bits per heavy atom. The molecule has 0 amide bonds. The first kappa shape index (κ1) is 9.84. The summed E-state index contributed by atoms with van der Waals surface area (Å²) in [7, 11) is 0. The fourth-order valence-electron chi connectivity index (χ4n) is 1.91. The minimum atomic E-state index is 0.114. The molecule has 1 heterocycles. The van der Waals surface area contributed by atoms with Gasteiger partial charge in [0, 0.05) is 24.4 Å². The van der Waals surface area contributed by atoms with Crippen LogP contribution >= 0.6 is 0 Å². The molecular formula is C13H14NO+. The van der Waals surface area contributed by atoms with E-state index in [1.54, 1.807) is 6.92 Å². The number of hydrogen-bond donors (Lipinski definition) is 0. The van der Waals surface area contributed by atoms with Gasteiger partial charge in [-0.1, -0.05) is 12.1 Å². The molecule has 0 saturated carbocycles. The summed E-state index contributed by atoms with van der Waals surface area (Å²) in [4.78, 5) is 11.4. The van der Waals surface area contributed by atoms with E-state index >= 15 is 0 Å². The van der Waals surface area contributed by atoms with Crippen LogP contribution in [0.5, 0.6) is 0 Å². The second-order valence-electron chi connectivity index (χ2n) is 3.58. The van der Waals surface area contributed by atoms with Crippen molar-refractivity contribution in [3.05, 3.63) is 42.1 Å². The van der Waals surface area contributed by atoms with E-state index in [1.165, 1.54) is 5.39 Å². The number of carbonyl (C=O) groups excluding carboxylic acids is 1.